The van der Waals surface area contributed by atoms with Gasteiger partial charge in [0.2, 0.25) is 5.91 Å². The number of imidazole rings is 1. The number of hydrogen-bond donors (Lipinski definition) is 3. The topological polar surface area (TPSA) is 106 Å². The van der Waals surface area contributed by atoms with Crippen LogP contribution in [0.5, 0.6) is 0 Å². The number of aromatic nitrogens is 3. The predicted molar refractivity (Wildman–Crippen MR) is 108 cm³/mol. The minimum atomic E-state index is -2.93. The summed E-state index contributed by atoms with van der Waals surface area (Å²) in [4.78, 5) is 20.7. The Morgan fingerprint density at radius 2 is 2.17 bits per heavy atom. The Labute approximate surface area is 172 Å². The van der Waals surface area contributed by atoms with Gasteiger partial charge in [0, 0.05) is 30.6 Å². The highest BCUT2D eigenvalue weighted by atomic mass is 19.3. The fraction of sp³-hybridized carbons (Fsp3) is 0.381. The number of benzene rings is 1. The van der Waals surface area contributed by atoms with Gasteiger partial charge in [-0.15, -0.1) is 0 Å². The Morgan fingerprint density at radius 1 is 1.43 bits per heavy atom. The van der Waals surface area contributed by atoms with Gasteiger partial charge in [0.15, 0.2) is 11.5 Å². The van der Waals surface area contributed by atoms with Crippen LogP contribution in [0.2, 0.25) is 0 Å². The predicted octanol–water partition coefficient (Wildman–Crippen LogP) is 2.61. The van der Waals surface area contributed by atoms with Gasteiger partial charge in [-0.05, 0) is 37.5 Å². The lowest BCUT2D eigenvalue weighted by Crippen LogP contribution is -2.30. The van der Waals surface area contributed by atoms with Crippen molar-refractivity contribution in [2.45, 2.75) is 38.2 Å². The quantitative estimate of drug-likeness (QED) is 0.594. The van der Waals surface area contributed by atoms with Gasteiger partial charge in [0.25, 0.3) is 6.43 Å². The lowest BCUT2D eigenvalue weighted by Gasteiger charge is -2.23. The zero-order chi connectivity index (χ0) is 21.8. The number of nitrogens with two attached hydrogens (primary N) is 1. The largest absolute Gasteiger partial charge is 0.381 e. The number of alkyl halides is 2. The first-order valence-electron chi connectivity index (χ1n) is 9.62. The fourth-order valence-corrected chi connectivity index (χ4v) is 3.75. The standard InChI is InChI=1S/C21H23F2N5O2/c1-10-4-5-11(21(2,30)20(22)23)6-12(10)16-8-26-18-17(24)27-15(9-28(16)18)13-7-14(13)19(29)25-3/h4-6,8-9,13-14,20,30H,7H2,1-3H3,(H2,24,27)(H,25,29). The van der Waals surface area contributed by atoms with Gasteiger partial charge >= 0.3 is 0 Å². The van der Waals surface area contributed by atoms with Crippen LogP contribution in [-0.4, -0.2) is 38.9 Å². The smallest absolute Gasteiger partial charge is 0.270 e. The van der Waals surface area contributed by atoms with Crippen LogP contribution < -0.4 is 11.1 Å². The number of anilines is 1. The van der Waals surface area contributed by atoms with E-state index in [4.69, 9.17) is 5.73 Å². The molecule has 9 heteroatoms. The van der Waals surface area contributed by atoms with E-state index in [1.807, 2.05) is 6.92 Å². The minimum absolute atomic E-state index is 0.0288. The van der Waals surface area contributed by atoms with Crippen molar-refractivity contribution in [1.29, 1.82) is 0 Å². The molecule has 1 aliphatic carbocycles. The molecule has 4 rings (SSSR count). The summed E-state index contributed by atoms with van der Waals surface area (Å²) in [6, 6.07) is 4.73. The normalized spacial score (nSPS) is 20.4. The van der Waals surface area contributed by atoms with E-state index in [-0.39, 0.29) is 29.1 Å². The number of nitrogen functional groups attached to an aromatic ring is 1. The van der Waals surface area contributed by atoms with Crippen molar-refractivity contribution in [3.05, 3.63) is 47.4 Å². The van der Waals surface area contributed by atoms with Crippen LogP contribution >= 0.6 is 0 Å². The number of carbonyl (C=O) groups is 1. The number of hydrogen-bond acceptors (Lipinski definition) is 5. The van der Waals surface area contributed by atoms with Gasteiger partial charge in [-0.2, -0.15) is 0 Å². The Balaban J connectivity index is 1.82. The molecule has 4 N–H and O–H groups in total. The highest BCUT2D eigenvalue weighted by molar-refractivity contribution is 5.82. The number of halogens is 2. The van der Waals surface area contributed by atoms with Crippen LogP contribution in [0.4, 0.5) is 14.6 Å². The number of amides is 1. The monoisotopic (exact) mass is 415 g/mol. The second kappa shape index (κ2) is 7.02. The van der Waals surface area contributed by atoms with Crippen molar-refractivity contribution in [1.82, 2.24) is 19.7 Å². The SMILES string of the molecule is CNC(=O)C1CC1c1cn2c(-c3cc(C(C)(O)C(F)F)ccc3C)cnc2c(N)n1. The highest BCUT2D eigenvalue weighted by Crippen LogP contribution is 2.47. The molecule has 2 heterocycles. The van der Waals surface area contributed by atoms with E-state index in [0.717, 1.165) is 12.5 Å². The maximum atomic E-state index is 13.3. The van der Waals surface area contributed by atoms with Crippen LogP contribution in [0.25, 0.3) is 16.9 Å². The molecule has 1 amide bonds. The summed E-state index contributed by atoms with van der Waals surface area (Å²) in [5, 5.41) is 12.9. The summed E-state index contributed by atoms with van der Waals surface area (Å²) in [5.41, 5.74) is 7.19. The Kier molecular flexibility index (Phi) is 4.73. The molecule has 2 aromatic heterocycles. The Hall–Kier alpha value is -3.07. The average molecular weight is 415 g/mol. The number of aryl methyl sites for hydroxylation is 1. The van der Waals surface area contributed by atoms with Gasteiger partial charge in [-0.25, -0.2) is 18.7 Å². The zero-order valence-electron chi connectivity index (χ0n) is 16.9. The summed E-state index contributed by atoms with van der Waals surface area (Å²) in [6.07, 6.45) is 1.15. The second-order valence-corrected chi connectivity index (χ2v) is 7.93. The van der Waals surface area contributed by atoms with Crippen LogP contribution in [0.15, 0.2) is 30.6 Å². The summed E-state index contributed by atoms with van der Waals surface area (Å²) in [6.45, 7) is 2.94. The second-order valence-electron chi connectivity index (χ2n) is 7.93. The number of nitrogens with one attached hydrogen (secondary N) is 1. The molecule has 1 aromatic carbocycles. The molecule has 0 radical (unpaired) electrons. The maximum absolute atomic E-state index is 13.3. The van der Waals surface area contributed by atoms with Crippen molar-refractivity contribution in [3.8, 4) is 11.3 Å². The third kappa shape index (κ3) is 3.19. The average Bonchev–Trinajstić information content (AvgIpc) is 3.40. The van der Waals surface area contributed by atoms with E-state index in [9.17, 15) is 18.7 Å². The van der Waals surface area contributed by atoms with E-state index < -0.39 is 12.0 Å². The molecule has 7 nitrogen and oxygen atoms in total. The number of aliphatic hydroxyl groups is 1. The van der Waals surface area contributed by atoms with Gasteiger partial charge in [0.1, 0.15) is 5.60 Å². The number of rotatable bonds is 5. The van der Waals surface area contributed by atoms with Crippen LogP contribution in [0.1, 0.15) is 36.1 Å². The van der Waals surface area contributed by atoms with E-state index >= 15 is 0 Å². The van der Waals surface area contributed by atoms with Crippen LogP contribution in [0, 0.1) is 12.8 Å². The molecule has 0 spiro atoms. The van der Waals surface area contributed by atoms with Crippen molar-refractivity contribution in [3.63, 3.8) is 0 Å². The van der Waals surface area contributed by atoms with Crippen LogP contribution in [-0.2, 0) is 10.4 Å². The minimum Gasteiger partial charge on any atom is -0.381 e. The Bertz CT molecular complexity index is 1140. The van der Waals surface area contributed by atoms with Crippen molar-refractivity contribution in [2.24, 2.45) is 5.92 Å². The molecule has 3 atom stereocenters. The van der Waals surface area contributed by atoms with Gasteiger partial charge in [-0.3, -0.25) is 9.20 Å². The molecule has 3 aromatic rings. The molecule has 1 fully saturated rings. The van der Waals surface area contributed by atoms with Gasteiger partial charge in [-0.1, -0.05) is 12.1 Å². The van der Waals surface area contributed by atoms with E-state index in [1.165, 1.54) is 6.07 Å². The summed E-state index contributed by atoms with van der Waals surface area (Å²) in [5.74, 6) is 0.0233. The molecule has 1 aliphatic rings. The first-order chi connectivity index (χ1) is 14.1. The lowest BCUT2D eigenvalue weighted by atomic mass is 9.92. The van der Waals surface area contributed by atoms with Crippen molar-refractivity contribution in [2.75, 3.05) is 12.8 Å². The molecule has 1 saturated carbocycles. The first-order valence-corrected chi connectivity index (χ1v) is 9.62. The maximum Gasteiger partial charge on any atom is 0.270 e. The van der Waals surface area contributed by atoms with Crippen molar-refractivity contribution >= 4 is 17.4 Å². The molecule has 0 bridgehead atoms. The number of fused-ring (bicyclic) bond motifs is 1. The van der Waals surface area contributed by atoms with Gasteiger partial charge in [0.05, 0.1) is 17.6 Å². The number of nitrogens with zero attached hydrogens (tertiary/aromatic N) is 3. The summed E-state index contributed by atoms with van der Waals surface area (Å²) >= 11 is 0. The van der Waals surface area contributed by atoms with Gasteiger partial charge < -0.3 is 16.2 Å². The Morgan fingerprint density at radius 3 is 2.83 bits per heavy atom. The highest BCUT2D eigenvalue weighted by Gasteiger charge is 2.45. The van der Waals surface area contributed by atoms with Crippen LogP contribution in [0.3, 0.4) is 0 Å². The fourth-order valence-electron chi connectivity index (χ4n) is 3.75. The molecular weight excluding hydrogens is 392 g/mol. The molecule has 158 valence electrons. The molecule has 30 heavy (non-hydrogen) atoms. The first kappa shape index (κ1) is 20.2. The molecule has 0 saturated heterocycles. The van der Waals surface area contributed by atoms with E-state index in [2.05, 4.69) is 15.3 Å². The van der Waals surface area contributed by atoms with E-state index in [1.54, 1.807) is 36.0 Å². The molecular formula is C21H23F2N5O2. The third-order valence-electron chi connectivity index (χ3n) is 5.81. The summed E-state index contributed by atoms with van der Waals surface area (Å²) < 4.78 is 28.4. The van der Waals surface area contributed by atoms with E-state index in [0.29, 0.717) is 29.0 Å². The third-order valence-corrected chi connectivity index (χ3v) is 5.81. The molecule has 3 unspecified atom stereocenters. The summed E-state index contributed by atoms with van der Waals surface area (Å²) in [7, 11) is 1.60. The number of carbonyl (C=O) groups excluding carboxylic acids is 1. The zero-order valence-corrected chi connectivity index (χ0v) is 16.9. The van der Waals surface area contributed by atoms with Crippen molar-refractivity contribution < 1.29 is 18.7 Å². The lowest BCUT2D eigenvalue weighted by molar-refractivity contribution is -0.121. The molecule has 0 aliphatic heterocycles.